The molecule has 0 saturated carbocycles. The zero-order valence-electron chi connectivity index (χ0n) is 13.1. The highest BCUT2D eigenvalue weighted by molar-refractivity contribution is 7.87. The summed E-state index contributed by atoms with van der Waals surface area (Å²) in [5, 5.41) is 0.522. The highest BCUT2D eigenvalue weighted by Gasteiger charge is 2.18. The van der Waals surface area contributed by atoms with Crippen LogP contribution in [0.1, 0.15) is 31.9 Å². The minimum Gasteiger partial charge on any atom is -0.379 e. The van der Waals surface area contributed by atoms with Crippen LogP contribution in [0.4, 0.5) is 0 Å². The van der Waals surface area contributed by atoms with Crippen LogP contribution in [0.25, 0.3) is 0 Å². The number of rotatable bonds is 3. The quantitative estimate of drug-likeness (QED) is 0.761. The largest absolute Gasteiger partial charge is 0.379 e. The van der Waals surface area contributed by atoms with Crippen LogP contribution in [0.2, 0.25) is 5.02 Å². The summed E-state index contributed by atoms with van der Waals surface area (Å²) in [7, 11) is -3.86. The fourth-order valence-corrected chi connectivity index (χ4v) is 3.09. The molecule has 5 heteroatoms. The van der Waals surface area contributed by atoms with Gasteiger partial charge in [0.1, 0.15) is 10.6 Å². The average molecular weight is 339 g/mol. The van der Waals surface area contributed by atoms with Crippen molar-refractivity contribution in [1.82, 2.24) is 0 Å². The first-order valence-corrected chi connectivity index (χ1v) is 8.69. The first kappa shape index (κ1) is 16.8. The van der Waals surface area contributed by atoms with E-state index in [2.05, 4.69) is 20.8 Å². The van der Waals surface area contributed by atoms with E-state index in [0.29, 0.717) is 16.3 Å². The van der Waals surface area contributed by atoms with Gasteiger partial charge in [-0.15, -0.1) is 0 Å². The second-order valence-corrected chi connectivity index (χ2v) is 8.18. The topological polar surface area (TPSA) is 43.4 Å². The van der Waals surface area contributed by atoms with E-state index < -0.39 is 10.1 Å². The van der Waals surface area contributed by atoms with E-state index in [9.17, 15) is 8.42 Å². The maximum atomic E-state index is 12.3. The summed E-state index contributed by atoms with van der Waals surface area (Å²) in [5.74, 6) is 0.292. The maximum Gasteiger partial charge on any atom is 0.339 e. The summed E-state index contributed by atoms with van der Waals surface area (Å²) in [4.78, 5) is 0.0919. The molecule has 0 unspecified atom stereocenters. The van der Waals surface area contributed by atoms with Gasteiger partial charge in [-0.25, -0.2) is 0 Å². The van der Waals surface area contributed by atoms with Crippen molar-refractivity contribution in [3.8, 4) is 5.75 Å². The van der Waals surface area contributed by atoms with Crippen LogP contribution in [0.15, 0.2) is 47.4 Å². The van der Waals surface area contributed by atoms with Crippen molar-refractivity contribution in [3.63, 3.8) is 0 Å². The minimum atomic E-state index is -3.86. The van der Waals surface area contributed by atoms with Crippen molar-refractivity contribution in [1.29, 1.82) is 0 Å². The number of aryl methyl sites for hydroxylation is 1. The first-order chi connectivity index (χ1) is 10.1. The van der Waals surface area contributed by atoms with Crippen LogP contribution in [-0.2, 0) is 15.5 Å². The second kappa shape index (κ2) is 5.94. The van der Waals surface area contributed by atoms with Crippen molar-refractivity contribution in [3.05, 3.63) is 58.6 Å². The van der Waals surface area contributed by atoms with Crippen molar-refractivity contribution in [2.45, 2.75) is 38.0 Å². The van der Waals surface area contributed by atoms with E-state index in [1.807, 2.05) is 12.1 Å². The molecular formula is C17H19ClO3S. The Kier molecular flexibility index (Phi) is 4.54. The summed E-state index contributed by atoms with van der Waals surface area (Å²) in [6, 6.07) is 11.6. The van der Waals surface area contributed by atoms with Gasteiger partial charge in [-0.05, 0) is 53.8 Å². The molecule has 0 aliphatic rings. The Morgan fingerprint density at radius 3 is 2.09 bits per heavy atom. The lowest BCUT2D eigenvalue weighted by Gasteiger charge is -2.19. The normalized spacial score (nSPS) is 12.2. The molecule has 0 bridgehead atoms. The van der Waals surface area contributed by atoms with E-state index in [1.54, 1.807) is 25.1 Å². The summed E-state index contributed by atoms with van der Waals surface area (Å²) in [5.41, 5.74) is 1.80. The molecule has 0 N–H and O–H groups in total. The number of hydrogen-bond donors (Lipinski definition) is 0. The molecule has 0 heterocycles. The van der Waals surface area contributed by atoms with Crippen molar-refractivity contribution >= 4 is 21.7 Å². The molecule has 0 aliphatic carbocycles. The molecule has 2 aromatic carbocycles. The molecule has 0 fully saturated rings. The third-order valence-electron chi connectivity index (χ3n) is 3.34. The lowest BCUT2D eigenvalue weighted by atomic mass is 9.87. The van der Waals surface area contributed by atoms with Crippen molar-refractivity contribution in [2.24, 2.45) is 0 Å². The molecule has 0 amide bonds. The number of benzene rings is 2. The molecule has 3 nitrogen and oxygen atoms in total. The molecule has 0 aliphatic heterocycles. The number of halogens is 1. The number of hydrogen-bond acceptors (Lipinski definition) is 3. The van der Waals surface area contributed by atoms with Gasteiger partial charge in [-0.1, -0.05) is 44.5 Å². The lowest BCUT2D eigenvalue weighted by Crippen LogP contribution is -2.12. The standard InChI is InChI=1S/C17H19ClO3S/c1-12-11-15(9-10-16(12)18)22(19,20)21-14-7-5-13(6-8-14)17(2,3)4/h5-11H,1-4H3. The van der Waals surface area contributed by atoms with Gasteiger partial charge >= 0.3 is 10.1 Å². The average Bonchev–Trinajstić information content (AvgIpc) is 2.41. The highest BCUT2D eigenvalue weighted by atomic mass is 35.5. The van der Waals surface area contributed by atoms with Crippen LogP contribution < -0.4 is 4.18 Å². The molecule has 0 spiro atoms. The molecule has 2 rings (SSSR count). The summed E-state index contributed by atoms with van der Waals surface area (Å²) >= 11 is 5.92. The van der Waals surface area contributed by atoms with E-state index in [1.165, 1.54) is 12.1 Å². The fourth-order valence-electron chi connectivity index (χ4n) is 1.96. The fraction of sp³-hybridized carbons (Fsp3) is 0.294. The Labute approximate surface area is 137 Å². The molecule has 0 radical (unpaired) electrons. The zero-order chi connectivity index (χ0) is 16.5. The monoisotopic (exact) mass is 338 g/mol. The smallest absolute Gasteiger partial charge is 0.339 e. The molecule has 0 atom stereocenters. The van der Waals surface area contributed by atoms with E-state index in [4.69, 9.17) is 15.8 Å². The Bertz CT molecular complexity index is 773. The van der Waals surface area contributed by atoms with Gasteiger partial charge in [0, 0.05) is 5.02 Å². The third-order valence-corrected chi connectivity index (χ3v) is 5.01. The van der Waals surface area contributed by atoms with Gasteiger partial charge in [-0.2, -0.15) is 8.42 Å². The van der Waals surface area contributed by atoms with E-state index in [-0.39, 0.29) is 10.3 Å². The highest BCUT2D eigenvalue weighted by Crippen LogP contribution is 2.26. The first-order valence-electron chi connectivity index (χ1n) is 6.91. The molecule has 2 aromatic rings. The lowest BCUT2D eigenvalue weighted by molar-refractivity contribution is 0.485. The van der Waals surface area contributed by atoms with Crippen LogP contribution >= 0.6 is 11.6 Å². The molecular weight excluding hydrogens is 320 g/mol. The second-order valence-electron chi connectivity index (χ2n) is 6.22. The van der Waals surface area contributed by atoms with Crippen molar-refractivity contribution < 1.29 is 12.6 Å². The van der Waals surface area contributed by atoms with Gasteiger partial charge in [0.05, 0.1) is 0 Å². The van der Waals surface area contributed by atoms with E-state index in [0.717, 1.165) is 5.56 Å². The van der Waals surface area contributed by atoms with Gasteiger partial charge in [0.15, 0.2) is 0 Å². The summed E-state index contributed by atoms with van der Waals surface area (Å²) < 4.78 is 29.7. The Balaban J connectivity index is 2.27. The molecule has 0 aromatic heterocycles. The van der Waals surface area contributed by atoms with Crippen LogP contribution in [0.3, 0.4) is 0 Å². The predicted octanol–water partition coefficient (Wildman–Crippen LogP) is 4.71. The summed E-state index contributed by atoms with van der Waals surface area (Å²) in [6.45, 7) is 8.03. The van der Waals surface area contributed by atoms with Gasteiger partial charge < -0.3 is 4.18 Å². The van der Waals surface area contributed by atoms with Gasteiger partial charge in [-0.3, -0.25) is 0 Å². The SMILES string of the molecule is Cc1cc(S(=O)(=O)Oc2ccc(C(C)(C)C)cc2)ccc1Cl. The zero-order valence-corrected chi connectivity index (χ0v) is 14.6. The Morgan fingerprint density at radius 1 is 1.00 bits per heavy atom. The minimum absolute atomic E-state index is 0.00466. The van der Waals surface area contributed by atoms with Crippen LogP contribution in [0.5, 0.6) is 5.75 Å². The predicted molar refractivity (Wildman–Crippen MR) is 89.1 cm³/mol. The molecule has 22 heavy (non-hydrogen) atoms. The third kappa shape index (κ3) is 3.81. The summed E-state index contributed by atoms with van der Waals surface area (Å²) in [6.07, 6.45) is 0. The Morgan fingerprint density at radius 2 is 1.59 bits per heavy atom. The van der Waals surface area contributed by atoms with E-state index >= 15 is 0 Å². The van der Waals surface area contributed by atoms with Crippen LogP contribution in [-0.4, -0.2) is 8.42 Å². The molecule has 118 valence electrons. The van der Waals surface area contributed by atoms with Gasteiger partial charge in [0.25, 0.3) is 0 Å². The maximum absolute atomic E-state index is 12.3. The van der Waals surface area contributed by atoms with Gasteiger partial charge in [0.2, 0.25) is 0 Å². The van der Waals surface area contributed by atoms with Crippen LogP contribution in [0, 0.1) is 6.92 Å². The van der Waals surface area contributed by atoms with Crippen molar-refractivity contribution in [2.75, 3.05) is 0 Å². The Hall–Kier alpha value is -1.52. The molecule has 0 saturated heterocycles.